The SMILES string of the molecule is COC(=O)N[C@H](C(=O)N1CCC[C@H]1c1ncc(-c2ccc3cc(-c4cc5[nH]c([C@@H]6CCCN6C(=O)[C@@H](NC(=O)OC)[C@@H](C)OC)nc5cn4)ccc3c2)[nH]1)[C@@H](C)OC. The van der Waals surface area contributed by atoms with Crippen molar-refractivity contribution >= 4 is 45.8 Å². The number of H-pyrrole nitrogens is 2. The van der Waals surface area contributed by atoms with Crippen LogP contribution in [0.25, 0.3) is 44.3 Å². The van der Waals surface area contributed by atoms with Gasteiger partial charge < -0.3 is 49.3 Å². The molecule has 0 radical (unpaired) electrons. The Morgan fingerprint density at radius 1 is 0.707 bits per heavy atom. The lowest BCUT2D eigenvalue weighted by Crippen LogP contribution is -2.54. The van der Waals surface area contributed by atoms with E-state index in [2.05, 4.69) is 49.9 Å². The fraction of sp³-hybridized carbons (Fsp3) is 0.439. The van der Waals surface area contributed by atoms with Gasteiger partial charge in [0, 0.05) is 38.4 Å². The van der Waals surface area contributed by atoms with Crippen LogP contribution in [0.15, 0.2) is 54.9 Å². The Labute approximate surface area is 335 Å². The number of pyridine rings is 1. The molecule has 0 saturated carbocycles. The summed E-state index contributed by atoms with van der Waals surface area (Å²) in [5, 5.41) is 7.30. The summed E-state index contributed by atoms with van der Waals surface area (Å²) in [7, 11) is 5.50. The van der Waals surface area contributed by atoms with Gasteiger partial charge in [-0.3, -0.25) is 14.6 Å². The van der Waals surface area contributed by atoms with Crippen molar-refractivity contribution in [2.75, 3.05) is 41.5 Å². The number of rotatable bonds is 12. The van der Waals surface area contributed by atoms with Gasteiger partial charge in [-0.1, -0.05) is 24.3 Å². The van der Waals surface area contributed by atoms with Crippen LogP contribution in [-0.2, 0) is 28.5 Å². The van der Waals surface area contributed by atoms with Crippen LogP contribution in [0.4, 0.5) is 9.59 Å². The van der Waals surface area contributed by atoms with Crippen LogP contribution in [0, 0.1) is 0 Å². The van der Waals surface area contributed by atoms with E-state index in [9.17, 15) is 19.2 Å². The molecule has 5 heterocycles. The molecule has 6 atom stereocenters. The summed E-state index contributed by atoms with van der Waals surface area (Å²) in [5.74, 6) is 0.809. The quantitative estimate of drug-likeness (QED) is 0.132. The molecule has 2 fully saturated rings. The molecule has 0 bridgehead atoms. The average Bonchev–Trinajstić information content (AvgIpc) is 4.09. The lowest BCUT2D eigenvalue weighted by molar-refractivity contribution is -0.138. The average molecular weight is 796 g/mol. The minimum atomic E-state index is -0.917. The number of benzene rings is 2. The van der Waals surface area contributed by atoms with E-state index in [1.165, 1.54) is 28.4 Å². The molecule has 2 saturated heterocycles. The molecule has 4 N–H and O–H groups in total. The minimum absolute atomic E-state index is 0.256. The van der Waals surface area contributed by atoms with E-state index >= 15 is 0 Å². The van der Waals surface area contributed by atoms with Crippen LogP contribution in [-0.4, -0.2) is 125 Å². The van der Waals surface area contributed by atoms with Crippen LogP contribution in [0.5, 0.6) is 0 Å². The molecule has 0 aliphatic carbocycles. The van der Waals surface area contributed by atoms with Gasteiger partial charge in [0.1, 0.15) is 29.2 Å². The van der Waals surface area contributed by atoms with E-state index in [0.29, 0.717) is 36.7 Å². The summed E-state index contributed by atoms with van der Waals surface area (Å²) in [6, 6.07) is 11.9. The van der Waals surface area contributed by atoms with Crippen LogP contribution in [0.3, 0.4) is 0 Å². The highest BCUT2D eigenvalue weighted by molar-refractivity contribution is 5.91. The third-order valence-corrected chi connectivity index (χ3v) is 11.3. The Morgan fingerprint density at radius 3 is 1.83 bits per heavy atom. The second-order valence-electron chi connectivity index (χ2n) is 14.7. The summed E-state index contributed by atoms with van der Waals surface area (Å²) in [6.45, 7) is 4.51. The highest BCUT2D eigenvalue weighted by Gasteiger charge is 2.40. The fourth-order valence-electron chi connectivity index (χ4n) is 7.86. The minimum Gasteiger partial charge on any atom is -0.453 e. The molecule has 3 aromatic heterocycles. The number of methoxy groups -OCH3 is 4. The number of alkyl carbamates (subject to hydrolysis) is 2. The maximum Gasteiger partial charge on any atom is 0.407 e. The third-order valence-electron chi connectivity index (χ3n) is 11.3. The molecule has 17 nitrogen and oxygen atoms in total. The second-order valence-corrected chi connectivity index (χ2v) is 14.7. The van der Waals surface area contributed by atoms with Crippen LogP contribution < -0.4 is 10.6 Å². The van der Waals surface area contributed by atoms with Crippen molar-refractivity contribution in [1.82, 2.24) is 45.4 Å². The Balaban J connectivity index is 1.07. The molecule has 306 valence electrons. The number of likely N-dealkylation sites (tertiary alicyclic amines) is 2. The van der Waals surface area contributed by atoms with Gasteiger partial charge in [-0.05, 0) is 68.5 Å². The normalized spacial score (nSPS) is 18.9. The van der Waals surface area contributed by atoms with E-state index in [0.717, 1.165) is 58.1 Å². The summed E-state index contributed by atoms with van der Waals surface area (Å²) in [4.78, 5) is 76.0. The van der Waals surface area contributed by atoms with Crippen molar-refractivity contribution in [3.63, 3.8) is 0 Å². The van der Waals surface area contributed by atoms with Gasteiger partial charge in [0.15, 0.2) is 0 Å². The Kier molecular flexibility index (Phi) is 11.9. The van der Waals surface area contributed by atoms with Gasteiger partial charge in [0.05, 0.1) is 67.8 Å². The number of carbonyl (C=O) groups excluding carboxylic acids is 4. The van der Waals surface area contributed by atoms with Gasteiger partial charge in [0.2, 0.25) is 11.8 Å². The number of nitrogens with one attached hydrogen (secondary N) is 4. The first kappa shape index (κ1) is 40.1. The number of carbonyl (C=O) groups is 4. The zero-order chi connectivity index (χ0) is 41.1. The van der Waals surface area contributed by atoms with E-state index < -0.39 is 36.5 Å². The van der Waals surface area contributed by atoms with Crippen LogP contribution in [0.2, 0.25) is 0 Å². The standard InChI is InChI=1S/C41H49N9O8/c1-22(55-3)34(47-40(53)57-5)38(51)49-15-7-9-32(49)36-43-20-30(45-36)27-14-12-24-17-26(13-11-25(24)18-27)28-19-29-31(21-42-28)46-37(44-29)33-10-8-16-50(33)39(52)35(23(2)56-4)48-41(54)58-6/h11-14,17-23,32-35H,7-10,15-16H2,1-6H3,(H,43,45)(H,44,46)(H,47,53)(H,48,54)/t22-,23-,32+,33+,34+,35+/m1/s1. The topological polar surface area (TPSA) is 206 Å². The third kappa shape index (κ3) is 8.04. The Morgan fingerprint density at radius 2 is 1.26 bits per heavy atom. The monoisotopic (exact) mass is 795 g/mol. The molecule has 2 aromatic carbocycles. The van der Waals surface area contributed by atoms with Crippen molar-refractivity contribution < 1.29 is 38.1 Å². The number of hydrogen-bond acceptors (Lipinski definition) is 11. The van der Waals surface area contributed by atoms with E-state index in [1.54, 1.807) is 36.0 Å². The first-order chi connectivity index (χ1) is 28.0. The molecule has 7 rings (SSSR count). The molecule has 0 unspecified atom stereocenters. The first-order valence-corrected chi connectivity index (χ1v) is 19.3. The Hall–Kier alpha value is -6.07. The first-order valence-electron chi connectivity index (χ1n) is 19.3. The van der Waals surface area contributed by atoms with E-state index in [4.69, 9.17) is 28.9 Å². The predicted octanol–water partition coefficient (Wildman–Crippen LogP) is 5.01. The predicted molar refractivity (Wildman–Crippen MR) is 213 cm³/mol. The van der Waals surface area contributed by atoms with Crippen LogP contribution >= 0.6 is 0 Å². The lowest BCUT2D eigenvalue weighted by Gasteiger charge is -2.30. The number of nitrogens with zero attached hydrogens (tertiary/aromatic N) is 5. The van der Waals surface area contributed by atoms with Gasteiger partial charge in [-0.25, -0.2) is 19.6 Å². The number of amides is 4. The largest absolute Gasteiger partial charge is 0.453 e. The highest BCUT2D eigenvalue weighted by atomic mass is 16.5. The second kappa shape index (κ2) is 17.2. The zero-order valence-corrected chi connectivity index (χ0v) is 33.4. The number of aromatic nitrogens is 5. The molecule has 58 heavy (non-hydrogen) atoms. The van der Waals surface area contributed by atoms with E-state index in [-0.39, 0.29) is 23.9 Å². The highest BCUT2D eigenvalue weighted by Crippen LogP contribution is 2.35. The molecular weight excluding hydrogens is 747 g/mol. The summed E-state index contributed by atoms with van der Waals surface area (Å²) < 4.78 is 20.3. The maximum atomic E-state index is 13.7. The molecule has 2 aliphatic rings. The lowest BCUT2D eigenvalue weighted by atomic mass is 10.0. The summed E-state index contributed by atoms with van der Waals surface area (Å²) in [6.07, 6.45) is 4.01. The van der Waals surface area contributed by atoms with Crippen molar-refractivity contribution in [2.45, 2.75) is 75.9 Å². The maximum absolute atomic E-state index is 13.7. The molecule has 2 aliphatic heterocycles. The van der Waals surface area contributed by atoms with Gasteiger partial charge in [-0.15, -0.1) is 0 Å². The van der Waals surface area contributed by atoms with Crippen LogP contribution in [0.1, 0.15) is 63.3 Å². The molecule has 0 spiro atoms. The van der Waals surface area contributed by atoms with Crippen molar-refractivity contribution in [2.24, 2.45) is 0 Å². The van der Waals surface area contributed by atoms with Gasteiger partial charge in [-0.2, -0.15) is 0 Å². The zero-order valence-electron chi connectivity index (χ0n) is 33.4. The number of fused-ring (bicyclic) bond motifs is 2. The number of imidazole rings is 2. The smallest absolute Gasteiger partial charge is 0.407 e. The fourth-order valence-corrected chi connectivity index (χ4v) is 7.86. The molecular formula is C41H49N9O8. The summed E-state index contributed by atoms with van der Waals surface area (Å²) >= 11 is 0. The molecule has 5 aromatic rings. The van der Waals surface area contributed by atoms with Crippen molar-refractivity contribution in [3.8, 4) is 22.5 Å². The Bertz CT molecular complexity index is 2310. The number of hydrogen-bond donors (Lipinski definition) is 4. The van der Waals surface area contributed by atoms with Gasteiger partial charge >= 0.3 is 12.2 Å². The van der Waals surface area contributed by atoms with Crippen molar-refractivity contribution in [3.05, 3.63) is 66.5 Å². The number of aromatic amines is 2. The van der Waals surface area contributed by atoms with Crippen molar-refractivity contribution in [1.29, 1.82) is 0 Å². The van der Waals surface area contributed by atoms with Gasteiger partial charge in [0.25, 0.3) is 0 Å². The molecule has 4 amide bonds. The van der Waals surface area contributed by atoms with E-state index in [1.807, 2.05) is 18.2 Å². The number of ether oxygens (including phenoxy) is 4. The molecule has 17 heteroatoms. The summed E-state index contributed by atoms with van der Waals surface area (Å²) in [5.41, 5.74) is 4.94.